The molecule has 0 aliphatic carbocycles. The van der Waals surface area contributed by atoms with Crippen molar-refractivity contribution in [2.24, 2.45) is 5.84 Å². The van der Waals surface area contributed by atoms with Gasteiger partial charge in [0.15, 0.2) is 0 Å². The Morgan fingerprint density at radius 2 is 1.56 bits per heavy atom. The molecule has 0 bridgehead atoms. The predicted molar refractivity (Wildman–Crippen MR) is 73.1 cm³/mol. The highest BCUT2D eigenvalue weighted by Crippen LogP contribution is 2.24. The number of benzene rings is 2. The number of ether oxygens (including phenoxy) is 1. The molecule has 1 atom stereocenters. The van der Waals surface area contributed by atoms with E-state index < -0.39 is 0 Å². The first-order valence-corrected chi connectivity index (χ1v) is 6.10. The van der Waals surface area contributed by atoms with Gasteiger partial charge in [-0.2, -0.15) is 0 Å². The van der Waals surface area contributed by atoms with Gasteiger partial charge in [0.05, 0.1) is 0 Å². The largest absolute Gasteiger partial charge is 0.486 e. The second-order valence-electron chi connectivity index (χ2n) is 4.07. The van der Waals surface area contributed by atoms with Gasteiger partial charge in [0.2, 0.25) is 0 Å². The summed E-state index contributed by atoms with van der Waals surface area (Å²) < 4.78 is 6.01. The zero-order valence-corrected chi connectivity index (χ0v) is 10.3. The number of para-hydroxylation sites is 1. The van der Waals surface area contributed by atoms with Crippen molar-refractivity contribution in [3.63, 3.8) is 0 Å². The summed E-state index contributed by atoms with van der Waals surface area (Å²) in [4.78, 5) is 0. The van der Waals surface area contributed by atoms with Crippen molar-refractivity contribution in [2.75, 3.05) is 6.54 Å². The molecule has 94 valence electrons. The van der Waals surface area contributed by atoms with E-state index in [1.165, 1.54) is 0 Å². The summed E-state index contributed by atoms with van der Waals surface area (Å²) in [6, 6.07) is 20.0. The summed E-state index contributed by atoms with van der Waals surface area (Å²) in [6.45, 7) is 0.715. The molecule has 0 radical (unpaired) electrons. The maximum absolute atomic E-state index is 6.01. The van der Waals surface area contributed by atoms with E-state index in [9.17, 15) is 0 Å². The second kappa shape index (κ2) is 6.79. The van der Waals surface area contributed by atoms with Gasteiger partial charge in [0, 0.05) is 13.0 Å². The van der Waals surface area contributed by atoms with Crippen LogP contribution in [0.1, 0.15) is 18.1 Å². The van der Waals surface area contributed by atoms with Gasteiger partial charge < -0.3 is 4.74 Å². The van der Waals surface area contributed by atoms with E-state index >= 15 is 0 Å². The zero-order chi connectivity index (χ0) is 12.6. The van der Waals surface area contributed by atoms with Crippen molar-refractivity contribution < 1.29 is 4.74 Å². The van der Waals surface area contributed by atoms with Crippen LogP contribution < -0.4 is 16.0 Å². The van der Waals surface area contributed by atoms with Crippen LogP contribution >= 0.6 is 0 Å². The molecule has 0 fully saturated rings. The Bertz CT molecular complexity index is 445. The number of hydrogen-bond acceptors (Lipinski definition) is 3. The summed E-state index contributed by atoms with van der Waals surface area (Å²) in [5, 5.41) is 0. The van der Waals surface area contributed by atoms with Gasteiger partial charge in [0.1, 0.15) is 11.9 Å². The lowest BCUT2D eigenvalue weighted by Crippen LogP contribution is -2.25. The molecular weight excluding hydrogens is 224 g/mol. The van der Waals surface area contributed by atoms with Crippen molar-refractivity contribution in [3.05, 3.63) is 66.2 Å². The SMILES string of the molecule is NNCCC(Oc1ccccc1)c1ccccc1. The standard InChI is InChI=1S/C15H18N2O/c16-17-12-11-15(13-7-3-1-4-8-13)18-14-9-5-2-6-10-14/h1-10,15,17H,11-12,16H2. The first-order chi connectivity index (χ1) is 8.90. The van der Waals surface area contributed by atoms with Gasteiger partial charge in [-0.05, 0) is 17.7 Å². The van der Waals surface area contributed by atoms with Gasteiger partial charge in [-0.3, -0.25) is 11.3 Å². The first kappa shape index (κ1) is 12.6. The summed E-state index contributed by atoms with van der Waals surface area (Å²) in [7, 11) is 0. The molecule has 3 nitrogen and oxygen atoms in total. The number of hydrazine groups is 1. The summed E-state index contributed by atoms with van der Waals surface area (Å²) >= 11 is 0. The fourth-order valence-corrected chi connectivity index (χ4v) is 1.84. The lowest BCUT2D eigenvalue weighted by Gasteiger charge is -2.19. The fraction of sp³-hybridized carbons (Fsp3) is 0.200. The van der Waals surface area contributed by atoms with Crippen molar-refractivity contribution in [1.29, 1.82) is 0 Å². The molecule has 0 heterocycles. The Kier molecular flexibility index (Phi) is 4.76. The molecule has 0 spiro atoms. The fourth-order valence-electron chi connectivity index (χ4n) is 1.84. The summed E-state index contributed by atoms with van der Waals surface area (Å²) in [5.41, 5.74) is 3.84. The van der Waals surface area contributed by atoms with Crippen LogP contribution in [0, 0.1) is 0 Å². The average molecular weight is 242 g/mol. The van der Waals surface area contributed by atoms with E-state index in [1.54, 1.807) is 0 Å². The van der Waals surface area contributed by atoms with Crippen LogP contribution in [0.15, 0.2) is 60.7 Å². The summed E-state index contributed by atoms with van der Waals surface area (Å²) in [5.74, 6) is 6.22. The zero-order valence-electron chi connectivity index (χ0n) is 10.3. The molecular formula is C15H18N2O. The molecule has 0 saturated carbocycles. The third-order valence-electron chi connectivity index (χ3n) is 2.74. The molecule has 2 aromatic carbocycles. The number of hydrogen-bond donors (Lipinski definition) is 2. The maximum atomic E-state index is 6.01. The molecule has 3 N–H and O–H groups in total. The molecule has 0 aliphatic heterocycles. The van der Waals surface area contributed by atoms with E-state index in [-0.39, 0.29) is 6.10 Å². The molecule has 2 rings (SSSR count). The smallest absolute Gasteiger partial charge is 0.125 e. The lowest BCUT2D eigenvalue weighted by atomic mass is 10.1. The predicted octanol–water partition coefficient (Wildman–Crippen LogP) is 2.66. The summed E-state index contributed by atoms with van der Waals surface area (Å²) in [6.07, 6.45) is 0.847. The van der Waals surface area contributed by atoms with Crippen LogP contribution in [0.5, 0.6) is 5.75 Å². The Balaban J connectivity index is 2.10. The quantitative estimate of drug-likeness (QED) is 0.604. The van der Waals surface area contributed by atoms with Crippen LogP contribution in [0.4, 0.5) is 0 Å². The number of nitrogens with one attached hydrogen (secondary N) is 1. The van der Waals surface area contributed by atoms with E-state index in [0.717, 1.165) is 17.7 Å². The highest BCUT2D eigenvalue weighted by atomic mass is 16.5. The Hall–Kier alpha value is -1.84. The molecule has 0 saturated heterocycles. The van der Waals surface area contributed by atoms with E-state index in [2.05, 4.69) is 17.6 Å². The molecule has 0 aliphatic rings. The van der Waals surface area contributed by atoms with E-state index in [4.69, 9.17) is 10.6 Å². The normalized spacial score (nSPS) is 12.1. The van der Waals surface area contributed by atoms with Crippen LogP contribution in [0.25, 0.3) is 0 Å². The van der Waals surface area contributed by atoms with Crippen LogP contribution in [-0.4, -0.2) is 6.54 Å². The van der Waals surface area contributed by atoms with E-state index in [0.29, 0.717) is 6.54 Å². The number of rotatable bonds is 6. The first-order valence-electron chi connectivity index (χ1n) is 6.10. The molecule has 1 unspecified atom stereocenters. The Morgan fingerprint density at radius 1 is 0.944 bits per heavy atom. The Morgan fingerprint density at radius 3 is 2.17 bits per heavy atom. The third-order valence-corrected chi connectivity index (χ3v) is 2.74. The van der Waals surface area contributed by atoms with Gasteiger partial charge in [-0.15, -0.1) is 0 Å². The van der Waals surface area contributed by atoms with Crippen molar-refractivity contribution in [3.8, 4) is 5.75 Å². The minimum Gasteiger partial charge on any atom is -0.486 e. The molecule has 2 aromatic rings. The minimum atomic E-state index is 0.0182. The molecule has 0 aromatic heterocycles. The van der Waals surface area contributed by atoms with Crippen molar-refractivity contribution in [2.45, 2.75) is 12.5 Å². The highest BCUT2D eigenvalue weighted by Gasteiger charge is 2.12. The van der Waals surface area contributed by atoms with Crippen molar-refractivity contribution >= 4 is 0 Å². The van der Waals surface area contributed by atoms with Crippen molar-refractivity contribution in [1.82, 2.24) is 5.43 Å². The molecule has 0 amide bonds. The molecule has 3 heteroatoms. The highest BCUT2D eigenvalue weighted by molar-refractivity contribution is 5.24. The third kappa shape index (κ3) is 3.58. The van der Waals surface area contributed by atoms with E-state index in [1.807, 2.05) is 48.5 Å². The number of nitrogens with two attached hydrogens (primary N) is 1. The minimum absolute atomic E-state index is 0.0182. The van der Waals surface area contributed by atoms with Crippen LogP contribution in [-0.2, 0) is 0 Å². The van der Waals surface area contributed by atoms with Gasteiger partial charge in [0.25, 0.3) is 0 Å². The molecule has 18 heavy (non-hydrogen) atoms. The van der Waals surface area contributed by atoms with Gasteiger partial charge in [-0.1, -0.05) is 48.5 Å². The Labute approximate surface area is 108 Å². The van der Waals surface area contributed by atoms with Crippen LogP contribution in [0.2, 0.25) is 0 Å². The van der Waals surface area contributed by atoms with Crippen LogP contribution in [0.3, 0.4) is 0 Å². The van der Waals surface area contributed by atoms with Gasteiger partial charge >= 0.3 is 0 Å². The second-order valence-corrected chi connectivity index (χ2v) is 4.07. The average Bonchev–Trinajstić information content (AvgIpc) is 2.45. The van der Waals surface area contributed by atoms with Gasteiger partial charge in [-0.25, -0.2) is 0 Å². The topological polar surface area (TPSA) is 47.3 Å². The monoisotopic (exact) mass is 242 g/mol. The maximum Gasteiger partial charge on any atom is 0.125 e. The lowest BCUT2D eigenvalue weighted by molar-refractivity contribution is 0.194.